The fourth-order valence-corrected chi connectivity index (χ4v) is 4.35. The highest BCUT2D eigenvalue weighted by Crippen LogP contribution is 2.32. The number of hydrogen-bond donors (Lipinski definition) is 1. The van der Waals surface area contributed by atoms with Crippen LogP contribution in [0.25, 0.3) is 5.69 Å². The number of ether oxygens (including phenoxy) is 1. The molecular formula is C23H30N4O2. The summed E-state index contributed by atoms with van der Waals surface area (Å²) in [5.41, 5.74) is 7.06. The van der Waals surface area contributed by atoms with Gasteiger partial charge in [-0.15, -0.1) is 0 Å². The lowest BCUT2D eigenvalue weighted by Crippen LogP contribution is -2.42. The van der Waals surface area contributed by atoms with Crippen LogP contribution in [0.5, 0.6) is 0 Å². The number of nitrogens with one attached hydrogen (secondary N) is 1. The van der Waals surface area contributed by atoms with Crippen molar-refractivity contribution in [1.29, 1.82) is 0 Å². The van der Waals surface area contributed by atoms with Crippen LogP contribution in [-0.4, -0.2) is 46.8 Å². The van der Waals surface area contributed by atoms with E-state index in [-0.39, 0.29) is 11.9 Å². The van der Waals surface area contributed by atoms with Gasteiger partial charge in [0, 0.05) is 31.6 Å². The Balaban J connectivity index is 1.77. The fraction of sp³-hybridized carbons (Fsp3) is 0.478. The summed E-state index contributed by atoms with van der Waals surface area (Å²) < 4.78 is 7.98. The van der Waals surface area contributed by atoms with Gasteiger partial charge >= 0.3 is 0 Å². The van der Waals surface area contributed by atoms with E-state index in [1.807, 2.05) is 4.90 Å². The van der Waals surface area contributed by atoms with Gasteiger partial charge in [0.2, 0.25) is 5.91 Å². The predicted molar refractivity (Wildman–Crippen MR) is 113 cm³/mol. The molecule has 2 aliphatic heterocycles. The molecule has 6 nitrogen and oxygen atoms in total. The predicted octanol–water partition coefficient (Wildman–Crippen LogP) is 3.04. The molecule has 0 radical (unpaired) electrons. The first-order valence-corrected chi connectivity index (χ1v) is 10.4. The van der Waals surface area contributed by atoms with Crippen molar-refractivity contribution in [1.82, 2.24) is 20.0 Å². The molecule has 1 N–H and O–H groups in total. The minimum atomic E-state index is -0.0570. The van der Waals surface area contributed by atoms with Crippen molar-refractivity contribution >= 4 is 5.91 Å². The number of carbonyl (C=O) groups excluding carboxylic acids is 1. The molecular weight excluding hydrogens is 364 g/mol. The summed E-state index contributed by atoms with van der Waals surface area (Å²) in [7, 11) is 0. The van der Waals surface area contributed by atoms with Crippen molar-refractivity contribution in [2.45, 2.75) is 45.8 Å². The quantitative estimate of drug-likeness (QED) is 0.813. The summed E-state index contributed by atoms with van der Waals surface area (Å²) in [6.07, 6.45) is 2.28. The molecule has 0 bridgehead atoms. The van der Waals surface area contributed by atoms with Crippen LogP contribution in [0.2, 0.25) is 0 Å². The highest BCUT2D eigenvalue weighted by atomic mass is 16.5. The van der Waals surface area contributed by atoms with Crippen molar-refractivity contribution in [2.75, 3.05) is 26.2 Å². The van der Waals surface area contributed by atoms with Gasteiger partial charge in [-0.1, -0.05) is 32.6 Å². The van der Waals surface area contributed by atoms with Gasteiger partial charge in [0.05, 0.1) is 36.3 Å². The number of amides is 1. The summed E-state index contributed by atoms with van der Waals surface area (Å²) in [4.78, 5) is 14.1. The van der Waals surface area contributed by atoms with E-state index in [9.17, 15) is 4.79 Å². The van der Waals surface area contributed by atoms with Gasteiger partial charge in [0.1, 0.15) is 0 Å². The molecule has 0 unspecified atom stereocenters. The molecule has 3 heterocycles. The Morgan fingerprint density at radius 1 is 1.41 bits per heavy atom. The molecule has 2 aromatic rings. The van der Waals surface area contributed by atoms with E-state index in [0.717, 1.165) is 24.3 Å². The molecule has 0 fully saturated rings. The molecule has 2 aliphatic rings. The van der Waals surface area contributed by atoms with E-state index >= 15 is 0 Å². The van der Waals surface area contributed by atoms with E-state index in [0.29, 0.717) is 32.2 Å². The van der Waals surface area contributed by atoms with Gasteiger partial charge in [0.15, 0.2) is 0 Å². The van der Waals surface area contributed by atoms with Gasteiger partial charge in [-0.3, -0.25) is 4.79 Å². The second-order valence-corrected chi connectivity index (χ2v) is 8.22. The number of benzene rings is 1. The maximum Gasteiger partial charge on any atom is 0.246 e. The first-order valence-electron chi connectivity index (χ1n) is 10.4. The van der Waals surface area contributed by atoms with Crippen LogP contribution in [0, 0.1) is 6.92 Å². The minimum absolute atomic E-state index is 0.0570. The van der Waals surface area contributed by atoms with Crippen molar-refractivity contribution in [3.05, 3.63) is 58.9 Å². The van der Waals surface area contributed by atoms with Crippen LogP contribution in [0.1, 0.15) is 53.9 Å². The number of hydrogen-bond acceptors (Lipinski definition) is 4. The van der Waals surface area contributed by atoms with Gasteiger partial charge in [-0.25, -0.2) is 4.68 Å². The molecule has 154 valence electrons. The maximum atomic E-state index is 12.3. The van der Waals surface area contributed by atoms with Gasteiger partial charge in [0.25, 0.3) is 0 Å². The summed E-state index contributed by atoms with van der Waals surface area (Å²) in [6.45, 7) is 13.2. The first kappa shape index (κ1) is 19.9. The molecule has 1 aromatic carbocycles. The third kappa shape index (κ3) is 3.74. The summed E-state index contributed by atoms with van der Waals surface area (Å²) in [5, 5.41) is 8.57. The van der Waals surface area contributed by atoms with Gasteiger partial charge < -0.3 is 15.0 Å². The molecule has 1 amide bonds. The van der Waals surface area contributed by atoms with E-state index in [1.54, 1.807) is 0 Å². The Kier molecular flexibility index (Phi) is 5.56. The summed E-state index contributed by atoms with van der Waals surface area (Å²) >= 11 is 0. The zero-order valence-electron chi connectivity index (χ0n) is 17.6. The third-order valence-electron chi connectivity index (χ3n) is 5.95. The molecule has 6 heteroatoms. The van der Waals surface area contributed by atoms with Crippen LogP contribution in [0.3, 0.4) is 0 Å². The number of aryl methyl sites for hydroxylation is 1. The largest absolute Gasteiger partial charge is 0.373 e. The van der Waals surface area contributed by atoms with Crippen molar-refractivity contribution in [3.63, 3.8) is 0 Å². The standard InChI is InChI=1S/C23H30N4O2/c1-5-22(28)26-10-11-29-14-19-23-18(13-26)24-9-8-21(23)27(25-19)20-7-6-17(15(2)3)12-16(20)4/h5-7,12,15,18,24H,1,8-11,13-14H2,2-4H3/t18-/m0/s1. The van der Waals surface area contributed by atoms with Crippen molar-refractivity contribution < 1.29 is 9.53 Å². The molecule has 29 heavy (non-hydrogen) atoms. The van der Waals surface area contributed by atoms with E-state index in [4.69, 9.17) is 9.84 Å². The number of nitrogens with zero attached hydrogens (tertiary/aromatic N) is 3. The zero-order valence-corrected chi connectivity index (χ0v) is 17.6. The highest BCUT2D eigenvalue weighted by molar-refractivity contribution is 5.87. The lowest BCUT2D eigenvalue weighted by molar-refractivity contribution is -0.127. The van der Waals surface area contributed by atoms with E-state index in [1.165, 1.54) is 28.5 Å². The second-order valence-electron chi connectivity index (χ2n) is 8.22. The SMILES string of the molecule is C=CC(=O)N1CCOCc2nn(-c3ccc(C(C)C)cc3C)c3c2[C@H](C1)NCC3. The topological polar surface area (TPSA) is 59.4 Å². The Morgan fingerprint density at radius 3 is 2.97 bits per heavy atom. The summed E-state index contributed by atoms with van der Waals surface area (Å²) in [6, 6.07) is 6.70. The molecule has 1 atom stereocenters. The second kappa shape index (κ2) is 8.13. The zero-order chi connectivity index (χ0) is 20.5. The minimum Gasteiger partial charge on any atom is -0.373 e. The fourth-order valence-electron chi connectivity index (χ4n) is 4.35. The monoisotopic (exact) mass is 394 g/mol. The smallest absolute Gasteiger partial charge is 0.246 e. The average molecular weight is 395 g/mol. The van der Waals surface area contributed by atoms with E-state index in [2.05, 4.69) is 55.5 Å². The van der Waals surface area contributed by atoms with Crippen LogP contribution in [-0.2, 0) is 22.6 Å². The number of carbonyl (C=O) groups is 1. The lowest BCUT2D eigenvalue weighted by Gasteiger charge is -2.30. The molecule has 0 saturated heterocycles. The Hall–Kier alpha value is -2.44. The van der Waals surface area contributed by atoms with Crippen LogP contribution in [0.4, 0.5) is 0 Å². The van der Waals surface area contributed by atoms with E-state index < -0.39 is 0 Å². The molecule has 1 aromatic heterocycles. The molecule has 4 rings (SSSR count). The third-order valence-corrected chi connectivity index (χ3v) is 5.95. The molecule has 0 spiro atoms. The van der Waals surface area contributed by atoms with Crippen LogP contribution >= 0.6 is 0 Å². The van der Waals surface area contributed by atoms with Crippen LogP contribution < -0.4 is 5.32 Å². The Morgan fingerprint density at radius 2 is 2.24 bits per heavy atom. The van der Waals surface area contributed by atoms with Crippen molar-refractivity contribution in [3.8, 4) is 5.69 Å². The first-order chi connectivity index (χ1) is 14.0. The Labute approximate surface area is 172 Å². The molecule has 0 aliphatic carbocycles. The maximum absolute atomic E-state index is 12.3. The highest BCUT2D eigenvalue weighted by Gasteiger charge is 2.32. The number of rotatable bonds is 3. The average Bonchev–Trinajstić information content (AvgIpc) is 3.11. The Bertz CT molecular complexity index is 931. The summed E-state index contributed by atoms with van der Waals surface area (Å²) in [5.74, 6) is 0.441. The molecule has 0 saturated carbocycles. The van der Waals surface area contributed by atoms with Gasteiger partial charge in [-0.2, -0.15) is 5.10 Å². The normalized spacial score (nSPS) is 19.3. The van der Waals surface area contributed by atoms with Crippen LogP contribution in [0.15, 0.2) is 30.9 Å². The van der Waals surface area contributed by atoms with Crippen molar-refractivity contribution in [2.24, 2.45) is 0 Å². The van der Waals surface area contributed by atoms with Gasteiger partial charge in [-0.05, 0) is 36.1 Å². The lowest BCUT2D eigenvalue weighted by atomic mass is 9.97. The number of aromatic nitrogens is 2.